The second-order valence-electron chi connectivity index (χ2n) is 2.56. The van der Waals surface area contributed by atoms with Gasteiger partial charge in [-0.3, -0.25) is 0 Å². The normalized spacial score (nSPS) is 10.5. The van der Waals surface area contributed by atoms with Crippen molar-refractivity contribution < 1.29 is 4.39 Å². The molecule has 0 unspecified atom stereocenters. The van der Waals surface area contributed by atoms with Crippen LogP contribution in [0.15, 0.2) is 36.7 Å². The average Bonchev–Trinajstić information content (AvgIpc) is 2.09. The minimum Gasteiger partial charge on any atom is -0.381 e. The van der Waals surface area contributed by atoms with Crippen LogP contribution in [0.3, 0.4) is 0 Å². The van der Waals surface area contributed by atoms with Gasteiger partial charge in [0.25, 0.3) is 0 Å². The van der Waals surface area contributed by atoms with E-state index in [1.165, 1.54) is 11.6 Å². The molecule has 1 aromatic carbocycles. The first-order valence-electron chi connectivity index (χ1n) is 3.89. The van der Waals surface area contributed by atoms with E-state index in [-0.39, 0.29) is 0 Å². The van der Waals surface area contributed by atoms with Crippen molar-refractivity contribution in [3.8, 4) is 0 Å². The van der Waals surface area contributed by atoms with Gasteiger partial charge in [0.05, 0.1) is 6.33 Å². The Balaban J connectivity index is 2.57. The molecule has 2 heteroatoms. The summed E-state index contributed by atoms with van der Waals surface area (Å²) in [7, 11) is 0. The second-order valence-corrected chi connectivity index (χ2v) is 2.56. The SMILES string of the molecule is Cc1ccccc1NC/C=C/F. The van der Waals surface area contributed by atoms with Crippen molar-refractivity contribution in [1.82, 2.24) is 0 Å². The number of nitrogens with one attached hydrogen (secondary N) is 1. The number of hydrogen-bond donors (Lipinski definition) is 1. The van der Waals surface area contributed by atoms with E-state index in [1.54, 1.807) is 0 Å². The highest BCUT2D eigenvalue weighted by Gasteiger charge is 1.91. The van der Waals surface area contributed by atoms with E-state index in [1.807, 2.05) is 31.2 Å². The molecule has 0 heterocycles. The fourth-order valence-corrected chi connectivity index (χ4v) is 0.985. The van der Waals surface area contributed by atoms with Crippen LogP contribution in [0.2, 0.25) is 0 Å². The molecule has 0 saturated heterocycles. The van der Waals surface area contributed by atoms with Crippen LogP contribution in [0, 0.1) is 6.92 Å². The van der Waals surface area contributed by atoms with E-state index in [0.29, 0.717) is 12.9 Å². The summed E-state index contributed by atoms with van der Waals surface area (Å²) in [5.41, 5.74) is 2.22. The zero-order valence-corrected chi connectivity index (χ0v) is 7.05. The fraction of sp³-hybridized carbons (Fsp3) is 0.200. The molecule has 0 amide bonds. The van der Waals surface area contributed by atoms with Crippen molar-refractivity contribution in [2.45, 2.75) is 6.92 Å². The molecular weight excluding hydrogens is 153 g/mol. The molecule has 0 bridgehead atoms. The minimum atomic E-state index is 0.529. The van der Waals surface area contributed by atoms with E-state index in [0.717, 1.165) is 5.69 Å². The van der Waals surface area contributed by atoms with Crippen molar-refractivity contribution in [1.29, 1.82) is 0 Å². The summed E-state index contributed by atoms with van der Waals surface area (Å²) >= 11 is 0. The van der Waals surface area contributed by atoms with Gasteiger partial charge in [0.2, 0.25) is 0 Å². The van der Waals surface area contributed by atoms with E-state index in [9.17, 15) is 4.39 Å². The number of para-hydroxylation sites is 1. The Bertz CT molecular complexity index is 268. The second kappa shape index (κ2) is 4.54. The predicted molar refractivity (Wildman–Crippen MR) is 49.9 cm³/mol. The number of halogens is 1. The summed E-state index contributed by atoms with van der Waals surface area (Å²) in [5.74, 6) is 0. The summed E-state index contributed by atoms with van der Waals surface area (Å²) in [6.07, 6.45) is 1.98. The van der Waals surface area contributed by atoms with Crippen molar-refractivity contribution in [2.75, 3.05) is 11.9 Å². The number of hydrogen-bond acceptors (Lipinski definition) is 1. The van der Waals surface area contributed by atoms with Crippen molar-refractivity contribution in [3.63, 3.8) is 0 Å². The van der Waals surface area contributed by atoms with Gasteiger partial charge in [-0.15, -0.1) is 0 Å². The molecule has 1 N–H and O–H groups in total. The summed E-state index contributed by atoms with van der Waals surface area (Å²) in [5, 5.41) is 3.09. The average molecular weight is 165 g/mol. The maximum atomic E-state index is 11.6. The molecule has 0 aromatic heterocycles. The molecule has 0 aliphatic carbocycles. The molecule has 0 spiro atoms. The predicted octanol–water partition coefficient (Wildman–Crippen LogP) is 2.89. The smallest absolute Gasteiger partial charge is 0.0844 e. The number of benzene rings is 1. The van der Waals surface area contributed by atoms with Gasteiger partial charge in [-0.2, -0.15) is 0 Å². The van der Waals surface area contributed by atoms with Gasteiger partial charge < -0.3 is 5.32 Å². The molecule has 0 fully saturated rings. The van der Waals surface area contributed by atoms with Crippen molar-refractivity contribution in [2.24, 2.45) is 0 Å². The largest absolute Gasteiger partial charge is 0.381 e. The lowest BCUT2D eigenvalue weighted by molar-refractivity contribution is 0.718. The molecule has 0 aliphatic heterocycles. The Labute approximate surface area is 71.9 Å². The summed E-state index contributed by atoms with van der Waals surface area (Å²) in [4.78, 5) is 0. The highest BCUT2D eigenvalue weighted by atomic mass is 19.1. The van der Waals surface area contributed by atoms with Crippen molar-refractivity contribution in [3.05, 3.63) is 42.2 Å². The first-order chi connectivity index (χ1) is 5.84. The third-order valence-corrected chi connectivity index (χ3v) is 1.64. The monoisotopic (exact) mass is 165 g/mol. The van der Waals surface area contributed by atoms with Gasteiger partial charge in [0.15, 0.2) is 0 Å². The fourth-order valence-electron chi connectivity index (χ4n) is 0.985. The molecule has 0 aliphatic rings. The van der Waals surface area contributed by atoms with Crippen LogP contribution >= 0.6 is 0 Å². The van der Waals surface area contributed by atoms with Gasteiger partial charge in [-0.25, -0.2) is 4.39 Å². The quantitative estimate of drug-likeness (QED) is 0.726. The van der Waals surface area contributed by atoms with Crippen LogP contribution in [-0.2, 0) is 0 Å². The topological polar surface area (TPSA) is 12.0 Å². The Morgan fingerprint density at radius 2 is 2.17 bits per heavy atom. The summed E-state index contributed by atoms with van der Waals surface area (Å²) < 4.78 is 11.6. The van der Waals surface area contributed by atoms with Crippen LogP contribution in [-0.4, -0.2) is 6.54 Å². The Morgan fingerprint density at radius 1 is 1.42 bits per heavy atom. The van der Waals surface area contributed by atoms with E-state index in [2.05, 4.69) is 5.32 Å². The first kappa shape index (κ1) is 8.78. The van der Waals surface area contributed by atoms with Gasteiger partial charge in [-0.1, -0.05) is 18.2 Å². The Morgan fingerprint density at radius 3 is 2.83 bits per heavy atom. The molecule has 1 aromatic rings. The third kappa shape index (κ3) is 2.38. The standard InChI is InChI=1S/C10H12FN/c1-9-5-2-3-6-10(9)12-8-4-7-11/h2-7,12H,8H2,1H3/b7-4+. The first-order valence-corrected chi connectivity index (χ1v) is 3.89. The Hall–Kier alpha value is -1.31. The lowest BCUT2D eigenvalue weighted by atomic mass is 10.2. The number of aryl methyl sites for hydroxylation is 1. The zero-order valence-electron chi connectivity index (χ0n) is 7.05. The van der Waals surface area contributed by atoms with E-state index >= 15 is 0 Å². The minimum absolute atomic E-state index is 0.529. The van der Waals surface area contributed by atoms with Crippen LogP contribution in [0.4, 0.5) is 10.1 Å². The zero-order chi connectivity index (χ0) is 8.81. The lowest BCUT2D eigenvalue weighted by Gasteiger charge is -2.05. The maximum Gasteiger partial charge on any atom is 0.0844 e. The van der Waals surface area contributed by atoms with E-state index < -0.39 is 0 Å². The molecule has 0 radical (unpaired) electrons. The van der Waals surface area contributed by atoms with Gasteiger partial charge in [0, 0.05) is 12.2 Å². The van der Waals surface area contributed by atoms with Gasteiger partial charge in [0.1, 0.15) is 0 Å². The molecular formula is C10H12FN. The molecule has 64 valence electrons. The molecule has 1 nitrogen and oxygen atoms in total. The molecule has 0 atom stereocenters. The third-order valence-electron chi connectivity index (χ3n) is 1.64. The lowest BCUT2D eigenvalue weighted by Crippen LogP contribution is -1.99. The van der Waals surface area contributed by atoms with Crippen LogP contribution in [0.25, 0.3) is 0 Å². The summed E-state index contributed by atoms with van der Waals surface area (Å²) in [6, 6.07) is 7.92. The molecule has 0 saturated carbocycles. The van der Waals surface area contributed by atoms with Crippen LogP contribution in [0.5, 0.6) is 0 Å². The van der Waals surface area contributed by atoms with Crippen LogP contribution in [0.1, 0.15) is 5.56 Å². The number of anilines is 1. The Kier molecular flexibility index (Phi) is 3.33. The maximum absolute atomic E-state index is 11.6. The number of rotatable bonds is 3. The van der Waals surface area contributed by atoms with Crippen molar-refractivity contribution >= 4 is 5.69 Å². The van der Waals surface area contributed by atoms with Gasteiger partial charge in [-0.05, 0) is 24.6 Å². The van der Waals surface area contributed by atoms with E-state index in [4.69, 9.17) is 0 Å². The molecule has 1 rings (SSSR count). The molecule has 12 heavy (non-hydrogen) atoms. The van der Waals surface area contributed by atoms with Gasteiger partial charge >= 0.3 is 0 Å². The highest BCUT2D eigenvalue weighted by molar-refractivity contribution is 5.50. The summed E-state index contributed by atoms with van der Waals surface area (Å²) in [6.45, 7) is 2.54. The van der Waals surface area contributed by atoms with Crippen LogP contribution < -0.4 is 5.32 Å². The highest BCUT2D eigenvalue weighted by Crippen LogP contribution is 2.12.